The molecule has 0 bridgehead atoms. The molecule has 3 aromatic rings. The van der Waals surface area contributed by atoms with Crippen LogP contribution in [0.1, 0.15) is 45.4 Å². The van der Waals surface area contributed by atoms with Gasteiger partial charge in [0.25, 0.3) is 0 Å². The quantitative estimate of drug-likeness (QED) is 0.179. The lowest BCUT2D eigenvalue weighted by Gasteiger charge is -2.16. The molecule has 0 saturated heterocycles. The van der Waals surface area contributed by atoms with Gasteiger partial charge in [-0.15, -0.1) is 34.2 Å². The zero-order valence-electron chi connectivity index (χ0n) is 17.8. The molecule has 164 valence electrons. The van der Waals surface area contributed by atoms with Crippen LogP contribution in [-0.4, -0.2) is 40.4 Å². The predicted octanol–water partition coefficient (Wildman–Crippen LogP) is 4.14. The van der Waals surface area contributed by atoms with E-state index in [0.29, 0.717) is 6.61 Å². The van der Waals surface area contributed by atoms with Crippen molar-refractivity contribution in [3.63, 3.8) is 0 Å². The van der Waals surface area contributed by atoms with E-state index in [9.17, 15) is 0 Å². The van der Waals surface area contributed by atoms with E-state index in [2.05, 4.69) is 45.7 Å². The van der Waals surface area contributed by atoms with E-state index in [0.717, 1.165) is 60.9 Å². The lowest BCUT2D eigenvalue weighted by atomic mass is 10.2. The smallest absolute Gasteiger partial charge is 0.191 e. The number of hydrogen-bond donors (Lipinski definition) is 2. The number of aryl methyl sites for hydroxylation is 1. The van der Waals surface area contributed by atoms with Crippen LogP contribution in [0.3, 0.4) is 0 Å². The summed E-state index contributed by atoms with van der Waals surface area (Å²) in [5, 5.41) is 15.4. The highest BCUT2D eigenvalue weighted by molar-refractivity contribution is 14.0. The van der Waals surface area contributed by atoms with Gasteiger partial charge in [0.1, 0.15) is 18.4 Å². The molecule has 0 amide bonds. The number of fused-ring (bicyclic) bond motifs is 1. The summed E-state index contributed by atoms with van der Waals surface area (Å²) < 4.78 is 13.7. The summed E-state index contributed by atoms with van der Waals surface area (Å²) in [6.07, 6.45) is 5.49. The number of halogens is 1. The van der Waals surface area contributed by atoms with Gasteiger partial charge in [0, 0.05) is 25.0 Å². The van der Waals surface area contributed by atoms with Gasteiger partial charge in [-0.05, 0) is 45.7 Å². The maximum Gasteiger partial charge on any atom is 0.191 e. The molecule has 1 atom stereocenters. The van der Waals surface area contributed by atoms with Crippen molar-refractivity contribution >= 4 is 40.9 Å². The maximum absolute atomic E-state index is 6.09. The number of nitrogens with one attached hydrogen (secondary N) is 2. The first-order chi connectivity index (χ1) is 14.2. The molecule has 0 saturated carbocycles. The molecule has 0 aliphatic rings. The molecule has 9 heteroatoms. The molecule has 0 spiro atoms. The molecule has 0 aliphatic heterocycles. The third-order valence-corrected chi connectivity index (χ3v) is 4.51. The predicted molar refractivity (Wildman–Crippen MR) is 130 cm³/mol. The fraction of sp³-hybridized carbons (Fsp3) is 0.476. The highest BCUT2D eigenvalue weighted by Crippen LogP contribution is 2.31. The van der Waals surface area contributed by atoms with E-state index in [-0.39, 0.29) is 30.0 Å². The van der Waals surface area contributed by atoms with Crippen molar-refractivity contribution < 1.29 is 9.15 Å². The van der Waals surface area contributed by atoms with Gasteiger partial charge >= 0.3 is 0 Å². The van der Waals surface area contributed by atoms with Crippen LogP contribution in [-0.2, 0) is 6.54 Å². The number of unbranched alkanes of at least 4 members (excludes halogenated alkanes) is 1. The Bertz CT molecular complexity index is 910. The van der Waals surface area contributed by atoms with Crippen LogP contribution in [0.4, 0.5) is 0 Å². The summed E-state index contributed by atoms with van der Waals surface area (Å²) in [7, 11) is 0. The number of para-hydroxylation sites is 1. The van der Waals surface area contributed by atoms with Crippen LogP contribution in [0.15, 0.2) is 46.3 Å². The summed E-state index contributed by atoms with van der Waals surface area (Å²) >= 11 is 0. The Hall–Kier alpha value is -2.30. The van der Waals surface area contributed by atoms with Crippen molar-refractivity contribution in [2.75, 3.05) is 19.7 Å². The molecular formula is C21H31IN6O2. The number of benzene rings is 1. The van der Waals surface area contributed by atoms with Crippen molar-refractivity contribution in [3.05, 3.63) is 42.7 Å². The molecule has 2 heterocycles. The summed E-state index contributed by atoms with van der Waals surface area (Å²) in [5.74, 6) is 2.41. The molecule has 8 nitrogen and oxygen atoms in total. The molecule has 2 aromatic heterocycles. The Kier molecular flexibility index (Phi) is 9.92. The van der Waals surface area contributed by atoms with Gasteiger partial charge in [-0.2, -0.15) is 0 Å². The molecule has 0 radical (unpaired) electrons. The zero-order chi connectivity index (χ0) is 20.5. The first-order valence-electron chi connectivity index (χ1n) is 10.2. The first kappa shape index (κ1) is 24.0. The number of rotatable bonds is 10. The lowest BCUT2D eigenvalue weighted by molar-refractivity contribution is 0.336. The SMILES string of the molecule is CCNC(=NCCCCn1cnnc1)NC(C)c1cc2cccc(OCC)c2o1.I. The van der Waals surface area contributed by atoms with Crippen molar-refractivity contribution in [2.45, 2.75) is 46.2 Å². The second kappa shape index (κ2) is 12.4. The summed E-state index contributed by atoms with van der Waals surface area (Å²) in [4.78, 5) is 4.69. The molecule has 1 unspecified atom stereocenters. The Labute approximate surface area is 194 Å². The van der Waals surface area contributed by atoms with E-state index < -0.39 is 0 Å². The van der Waals surface area contributed by atoms with Crippen molar-refractivity contribution in [2.24, 2.45) is 4.99 Å². The second-order valence-corrected chi connectivity index (χ2v) is 6.79. The molecule has 1 aromatic carbocycles. The fourth-order valence-electron chi connectivity index (χ4n) is 3.07. The average molecular weight is 526 g/mol. The minimum Gasteiger partial charge on any atom is -0.490 e. The first-order valence-corrected chi connectivity index (χ1v) is 10.2. The van der Waals surface area contributed by atoms with Crippen LogP contribution in [0.5, 0.6) is 5.75 Å². The van der Waals surface area contributed by atoms with Gasteiger partial charge in [-0.1, -0.05) is 12.1 Å². The minimum absolute atomic E-state index is 0. The second-order valence-electron chi connectivity index (χ2n) is 6.79. The van der Waals surface area contributed by atoms with Crippen LogP contribution in [0.2, 0.25) is 0 Å². The molecule has 2 N–H and O–H groups in total. The minimum atomic E-state index is -0.0216. The van der Waals surface area contributed by atoms with Gasteiger partial charge in [0.15, 0.2) is 17.3 Å². The van der Waals surface area contributed by atoms with Crippen LogP contribution in [0, 0.1) is 0 Å². The normalized spacial score (nSPS) is 12.4. The van der Waals surface area contributed by atoms with Crippen LogP contribution >= 0.6 is 24.0 Å². The Morgan fingerprint density at radius 1 is 1.23 bits per heavy atom. The van der Waals surface area contributed by atoms with E-state index in [1.807, 2.05) is 29.7 Å². The summed E-state index contributed by atoms with van der Waals surface area (Å²) in [5.41, 5.74) is 0.786. The van der Waals surface area contributed by atoms with Gasteiger partial charge in [-0.25, -0.2) is 0 Å². The summed E-state index contributed by atoms with van der Waals surface area (Å²) in [6.45, 7) is 9.16. The van der Waals surface area contributed by atoms with E-state index >= 15 is 0 Å². The Balaban J connectivity index is 0.00000320. The van der Waals surface area contributed by atoms with Gasteiger partial charge in [0.2, 0.25) is 0 Å². The third-order valence-electron chi connectivity index (χ3n) is 4.51. The number of aliphatic imine (C=N–C) groups is 1. The van der Waals surface area contributed by atoms with Crippen LogP contribution < -0.4 is 15.4 Å². The number of ether oxygens (including phenoxy) is 1. The molecule has 0 aliphatic carbocycles. The number of guanidine groups is 1. The summed E-state index contributed by atoms with van der Waals surface area (Å²) in [6, 6.07) is 7.98. The average Bonchev–Trinajstić information content (AvgIpc) is 3.38. The fourth-order valence-corrected chi connectivity index (χ4v) is 3.07. The number of nitrogens with zero attached hydrogens (tertiary/aromatic N) is 4. The monoisotopic (exact) mass is 526 g/mol. The van der Waals surface area contributed by atoms with Gasteiger partial charge < -0.3 is 24.4 Å². The molecule has 30 heavy (non-hydrogen) atoms. The van der Waals surface area contributed by atoms with Gasteiger partial charge in [0.05, 0.1) is 12.6 Å². The highest BCUT2D eigenvalue weighted by atomic mass is 127. The Morgan fingerprint density at radius 2 is 2.03 bits per heavy atom. The van der Waals surface area contributed by atoms with Crippen molar-refractivity contribution in [1.82, 2.24) is 25.4 Å². The van der Waals surface area contributed by atoms with Crippen molar-refractivity contribution in [3.8, 4) is 5.75 Å². The van der Waals surface area contributed by atoms with Gasteiger partial charge in [-0.3, -0.25) is 4.99 Å². The largest absolute Gasteiger partial charge is 0.490 e. The maximum atomic E-state index is 6.09. The number of hydrogen-bond acceptors (Lipinski definition) is 5. The molecular weight excluding hydrogens is 495 g/mol. The van der Waals surface area contributed by atoms with Crippen molar-refractivity contribution in [1.29, 1.82) is 0 Å². The van der Waals surface area contributed by atoms with Crippen LogP contribution in [0.25, 0.3) is 11.0 Å². The van der Waals surface area contributed by atoms with E-state index in [1.54, 1.807) is 12.7 Å². The highest BCUT2D eigenvalue weighted by Gasteiger charge is 2.15. The number of furan rings is 1. The topological polar surface area (TPSA) is 89.5 Å². The third kappa shape index (κ3) is 6.61. The zero-order valence-corrected chi connectivity index (χ0v) is 20.1. The number of aromatic nitrogens is 3. The van der Waals surface area contributed by atoms with E-state index in [4.69, 9.17) is 9.15 Å². The molecule has 0 fully saturated rings. The molecule has 3 rings (SSSR count). The van der Waals surface area contributed by atoms with E-state index in [1.165, 1.54) is 0 Å². The lowest BCUT2D eigenvalue weighted by Crippen LogP contribution is -2.38. The Morgan fingerprint density at radius 3 is 2.77 bits per heavy atom. The standard InChI is InChI=1S/C21H30N6O2.HI/c1-4-22-21(23-11-6-7-12-27-14-24-25-15-27)26-16(3)19-13-17-9-8-10-18(28-5-2)20(17)29-19;/h8-10,13-16H,4-7,11-12H2,1-3H3,(H2,22,23,26);1H.